The van der Waals surface area contributed by atoms with E-state index in [1.165, 1.54) is 0 Å². The van der Waals surface area contributed by atoms with Crippen LogP contribution in [0, 0.1) is 5.82 Å². The third kappa shape index (κ3) is 5.99. The van der Waals surface area contributed by atoms with Crippen LogP contribution in [0.4, 0.5) is 17.6 Å². The molecule has 0 saturated heterocycles. The van der Waals surface area contributed by atoms with Crippen LogP contribution >= 0.6 is 0 Å². The molecule has 0 fully saturated rings. The first-order valence-corrected chi connectivity index (χ1v) is 6.33. The largest absolute Gasteiger partial charge is 0.494 e. The number of nitrogens with one attached hydrogen (secondary N) is 1. The molecule has 1 rings (SSSR count). The first-order valence-electron chi connectivity index (χ1n) is 6.33. The first kappa shape index (κ1) is 17.2. The highest BCUT2D eigenvalue weighted by Gasteiger charge is 2.34. The van der Waals surface area contributed by atoms with E-state index in [1.807, 2.05) is 5.43 Å². The van der Waals surface area contributed by atoms with E-state index in [0.717, 1.165) is 12.1 Å². The van der Waals surface area contributed by atoms with Gasteiger partial charge in [0.15, 0.2) is 0 Å². The van der Waals surface area contributed by atoms with E-state index >= 15 is 0 Å². The number of carbonyl (C=O) groups excluding carboxylic acids is 1. The molecule has 0 atom stereocenters. The van der Waals surface area contributed by atoms with Gasteiger partial charge in [-0.15, -0.1) is 0 Å². The van der Waals surface area contributed by atoms with Crippen molar-refractivity contribution in [2.75, 3.05) is 6.61 Å². The molecule has 8 heteroatoms. The normalized spacial score (nSPS) is 11.3. The molecule has 3 N–H and O–H groups in total. The third-order valence-electron chi connectivity index (χ3n) is 2.72. The number of hydrogen-bond acceptors (Lipinski definition) is 3. The Labute approximate surface area is 119 Å². The van der Waals surface area contributed by atoms with Crippen LogP contribution in [-0.4, -0.2) is 12.5 Å². The smallest absolute Gasteiger partial charge is 0.419 e. The van der Waals surface area contributed by atoms with Crippen molar-refractivity contribution in [3.05, 3.63) is 29.6 Å². The number of halogens is 4. The number of rotatable bonds is 7. The number of unbranched alkanes of at least 4 members (excludes halogenated alkanes) is 2. The summed E-state index contributed by atoms with van der Waals surface area (Å²) in [5, 5.41) is 0. The van der Waals surface area contributed by atoms with Gasteiger partial charge in [-0.1, -0.05) is 0 Å². The molecule has 0 aliphatic rings. The summed E-state index contributed by atoms with van der Waals surface area (Å²) in [5.74, 6) is 3.26. The Balaban J connectivity index is 2.38. The number of benzene rings is 1. The van der Waals surface area contributed by atoms with Gasteiger partial charge in [0.25, 0.3) is 0 Å². The van der Waals surface area contributed by atoms with Crippen LogP contribution in [0.1, 0.15) is 31.2 Å². The van der Waals surface area contributed by atoms with Crippen molar-refractivity contribution in [2.24, 2.45) is 5.84 Å². The zero-order chi connectivity index (χ0) is 15.9. The van der Waals surface area contributed by atoms with Crippen molar-refractivity contribution in [3.8, 4) is 5.75 Å². The Morgan fingerprint density at radius 3 is 2.57 bits per heavy atom. The highest BCUT2D eigenvalue weighted by molar-refractivity contribution is 5.75. The predicted molar refractivity (Wildman–Crippen MR) is 67.7 cm³/mol. The second kappa shape index (κ2) is 7.82. The summed E-state index contributed by atoms with van der Waals surface area (Å²) in [4.78, 5) is 10.8. The number of hydrogen-bond donors (Lipinski definition) is 2. The standard InChI is InChI=1S/C13H16F4N2O2/c14-11-6-5-9(8-10(11)13(15,16)17)21-7-3-1-2-4-12(20)19-18/h5-6,8H,1-4,7,18H2,(H,19,20). The van der Waals surface area contributed by atoms with Crippen molar-refractivity contribution in [3.63, 3.8) is 0 Å². The van der Waals surface area contributed by atoms with Crippen molar-refractivity contribution >= 4 is 5.91 Å². The van der Waals surface area contributed by atoms with Crippen LogP contribution in [0.15, 0.2) is 18.2 Å². The van der Waals surface area contributed by atoms with E-state index < -0.39 is 17.6 Å². The van der Waals surface area contributed by atoms with Crippen molar-refractivity contribution in [1.82, 2.24) is 5.43 Å². The second-order valence-corrected chi connectivity index (χ2v) is 4.37. The lowest BCUT2D eigenvalue weighted by molar-refractivity contribution is -0.140. The van der Waals surface area contributed by atoms with Crippen LogP contribution in [0.25, 0.3) is 0 Å². The minimum atomic E-state index is -4.75. The monoisotopic (exact) mass is 308 g/mol. The Kier molecular flexibility index (Phi) is 6.41. The summed E-state index contributed by atoms with van der Waals surface area (Å²) in [6.07, 6.45) is -2.63. The maximum absolute atomic E-state index is 13.0. The van der Waals surface area contributed by atoms with Gasteiger partial charge in [0.1, 0.15) is 11.6 Å². The molecule has 0 radical (unpaired) electrons. The van der Waals surface area contributed by atoms with E-state index in [-0.39, 0.29) is 24.7 Å². The zero-order valence-electron chi connectivity index (χ0n) is 11.2. The molecule has 1 amide bonds. The van der Waals surface area contributed by atoms with E-state index in [0.29, 0.717) is 25.3 Å². The Morgan fingerprint density at radius 2 is 1.95 bits per heavy atom. The van der Waals surface area contributed by atoms with Gasteiger partial charge >= 0.3 is 6.18 Å². The number of ether oxygens (including phenoxy) is 1. The maximum atomic E-state index is 13.0. The maximum Gasteiger partial charge on any atom is 0.419 e. The molecule has 0 aromatic heterocycles. The number of amides is 1. The van der Waals surface area contributed by atoms with Crippen molar-refractivity contribution in [1.29, 1.82) is 0 Å². The molecule has 21 heavy (non-hydrogen) atoms. The molecule has 0 bridgehead atoms. The SMILES string of the molecule is NNC(=O)CCCCCOc1ccc(F)c(C(F)(F)F)c1. The second-order valence-electron chi connectivity index (χ2n) is 4.37. The minimum absolute atomic E-state index is 0.0385. The lowest BCUT2D eigenvalue weighted by Crippen LogP contribution is -2.29. The Morgan fingerprint density at radius 1 is 1.24 bits per heavy atom. The van der Waals surface area contributed by atoms with Crippen molar-refractivity contribution in [2.45, 2.75) is 31.9 Å². The molecule has 4 nitrogen and oxygen atoms in total. The summed E-state index contributed by atoms with van der Waals surface area (Å²) in [7, 11) is 0. The predicted octanol–water partition coefficient (Wildman–Crippen LogP) is 2.77. The van der Waals surface area contributed by atoms with Crippen LogP contribution < -0.4 is 16.0 Å². The fourth-order valence-electron chi connectivity index (χ4n) is 1.64. The highest BCUT2D eigenvalue weighted by atomic mass is 19.4. The molecule has 0 heterocycles. The van der Waals surface area contributed by atoms with E-state index in [4.69, 9.17) is 10.6 Å². The van der Waals surface area contributed by atoms with Crippen LogP contribution in [-0.2, 0) is 11.0 Å². The van der Waals surface area contributed by atoms with Gasteiger partial charge in [0, 0.05) is 6.42 Å². The summed E-state index contributed by atoms with van der Waals surface area (Å²) >= 11 is 0. The Bertz CT molecular complexity index is 478. The summed E-state index contributed by atoms with van der Waals surface area (Å²) in [5.41, 5.74) is 0.648. The molecule has 0 unspecified atom stereocenters. The molecule has 1 aromatic carbocycles. The molecule has 0 aliphatic heterocycles. The van der Waals surface area contributed by atoms with Gasteiger partial charge < -0.3 is 4.74 Å². The van der Waals surface area contributed by atoms with Crippen molar-refractivity contribution < 1.29 is 27.1 Å². The summed E-state index contributed by atoms with van der Waals surface area (Å²) < 4.78 is 55.6. The van der Waals surface area contributed by atoms with Gasteiger partial charge in [-0.2, -0.15) is 13.2 Å². The Hall–Kier alpha value is -1.83. The number of alkyl halides is 3. The molecule has 0 saturated carbocycles. The van der Waals surface area contributed by atoms with Gasteiger partial charge in [-0.05, 0) is 37.5 Å². The quantitative estimate of drug-likeness (QED) is 0.268. The molecule has 1 aromatic rings. The fourth-order valence-corrected chi connectivity index (χ4v) is 1.64. The molecular weight excluding hydrogens is 292 g/mol. The number of nitrogens with two attached hydrogens (primary N) is 1. The van der Waals surface area contributed by atoms with Gasteiger partial charge in [-0.25, -0.2) is 10.2 Å². The molecule has 118 valence electrons. The molecule has 0 spiro atoms. The van der Waals surface area contributed by atoms with Crippen LogP contribution in [0.2, 0.25) is 0 Å². The van der Waals surface area contributed by atoms with Crippen LogP contribution in [0.3, 0.4) is 0 Å². The van der Waals surface area contributed by atoms with E-state index in [2.05, 4.69) is 0 Å². The number of hydrazine groups is 1. The first-order chi connectivity index (χ1) is 9.84. The lowest BCUT2D eigenvalue weighted by Gasteiger charge is -2.11. The fraction of sp³-hybridized carbons (Fsp3) is 0.462. The molecular formula is C13H16F4N2O2. The van der Waals surface area contributed by atoms with Crippen LogP contribution in [0.5, 0.6) is 5.75 Å². The topological polar surface area (TPSA) is 64.3 Å². The lowest BCUT2D eigenvalue weighted by atomic mass is 10.2. The average molecular weight is 308 g/mol. The van der Waals surface area contributed by atoms with E-state index in [9.17, 15) is 22.4 Å². The van der Waals surface area contributed by atoms with Gasteiger partial charge in [0.05, 0.1) is 12.2 Å². The summed E-state index contributed by atoms with van der Waals surface area (Å²) in [6, 6.07) is 2.51. The highest BCUT2D eigenvalue weighted by Crippen LogP contribution is 2.33. The van der Waals surface area contributed by atoms with Gasteiger partial charge in [-0.3, -0.25) is 10.2 Å². The third-order valence-corrected chi connectivity index (χ3v) is 2.72. The summed E-state index contributed by atoms with van der Waals surface area (Å²) in [6.45, 7) is 0.188. The van der Waals surface area contributed by atoms with E-state index in [1.54, 1.807) is 0 Å². The van der Waals surface area contributed by atoms with Gasteiger partial charge in [0.2, 0.25) is 5.91 Å². The zero-order valence-corrected chi connectivity index (χ0v) is 11.2. The molecule has 0 aliphatic carbocycles. The average Bonchev–Trinajstić information content (AvgIpc) is 2.42. The number of carbonyl (C=O) groups is 1. The minimum Gasteiger partial charge on any atom is -0.494 e.